The minimum atomic E-state index is -1.23. The lowest BCUT2D eigenvalue weighted by Gasteiger charge is -2.16. The Bertz CT molecular complexity index is 504. The third-order valence-electron chi connectivity index (χ3n) is 2.59. The number of carboxylic acid groups (broad SMARTS) is 1. The van der Waals surface area contributed by atoms with E-state index >= 15 is 0 Å². The van der Waals surface area contributed by atoms with E-state index in [-0.39, 0.29) is 24.0 Å². The van der Waals surface area contributed by atoms with E-state index in [0.717, 1.165) is 0 Å². The molecule has 1 atom stereocenters. The Morgan fingerprint density at radius 2 is 2.15 bits per heavy atom. The number of rotatable bonds is 8. The van der Waals surface area contributed by atoms with Crippen molar-refractivity contribution in [3.63, 3.8) is 0 Å². The number of carboxylic acids is 1. The van der Waals surface area contributed by atoms with Crippen molar-refractivity contribution in [3.8, 4) is 0 Å². The zero-order valence-electron chi connectivity index (χ0n) is 10.9. The largest absolute Gasteiger partial charge is 0.477 e. The highest BCUT2D eigenvalue weighted by atomic mass is 35.5. The molecule has 0 fully saturated rings. The van der Waals surface area contributed by atoms with Crippen LogP contribution >= 0.6 is 22.9 Å². The fraction of sp³-hybridized carbons (Fsp3) is 0.417. The predicted molar refractivity (Wildman–Crippen MR) is 79.1 cm³/mol. The van der Waals surface area contributed by atoms with Gasteiger partial charge in [0, 0.05) is 13.0 Å². The van der Waals surface area contributed by atoms with Crippen molar-refractivity contribution in [2.45, 2.75) is 6.42 Å². The maximum atomic E-state index is 11.8. The summed E-state index contributed by atoms with van der Waals surface area (Å²) in [5.41, 5.74) is -0.362. The van der Waals surface area contributed by atoms with Gasteiger partial charge in [0.15, 0.2) is 0 Å². The number of hydrogen-bond donors (Lipinski definition) is 4. The normalized spacial score (nSPS) is 11.9. The van der Waals surface area contributed by atoms with Crippen LogP contribution in [0, 0.1) is 11.3 Å². The quantitative estimate of drug-likeness (QED) is 0.545. The van der Waals surface area contributed by atoms with Crippen molar-refractivity contribution in [1.82, 2.24) is 10.6 Å². The van der Waals surface area contributed by atoms with Crippen molar-refractivity contribution in [3.05, 3.63) is 21.3 Å². The number of nitrogens with one attached hydrogen (secondary N) is 3. The second kappa shape index (κ2) is 7.98. The molecule has 0 aliphatic rings. The van der Waals surface area contributed by atoms with Gasteiger partial charge in [-0.1, -0.05) is 11.6 Å². The van der Waals surface area contributed by atoms with Crippen molar-refractivity contribution < 1.29 is 14.7 Å². The molecule has 0 aliphatic carbocycles. The van der Waals surface area contributed by atoms with Gasteiger partial charge in [-0.15, -0.1) is 11.3 Å². The smallest absolute Gasteiger partial charge is 0.349 e. The molecule has 110 valence electrons. The summed E-state index contributed by atoms with van der Waals surface area (Å²) < 4.78 is 0.537. The van der Waals surface area contributed by atoms with Crippen molar-refractivity contribution >= 4 is 40.5 Å². The lowest BCUT2D eigenvalue weighted by molar-refractivity contribution is -0.129. The van der Waals surface area contributed by atoms with E-state index in [1.807, 2.05) is 0 Å². The van der Waals surface area contributed by atoms with E-state index in [0.29, 0.717) is 22.3 Å². The van der Waals surface area contributed by atoms with E-state index < -0.39 is 5.97 Å². The fourth-order valence-electron chi connectivity index (χ4n) is 1.64. The Kier molecular flexibility index (Phi) is 6.63. The zero-order valence-corrected chi connectivity index (χ0v) is 12.5. The summed E-state index contributed by atoms with van der Waals surface area (Å²) in [4.78, 5) is 23.0. The van der Waals surface area contributed by atoms with Crippen LogP contribution in [-0.2, 0) is 4.79 Å². The second-order valence-corrected chi connectivity index (χ2v) is 5.94. The van der Waals surface area contributed by atoms with E-state index in [4.69, 9.17) is 22.1 Å². The molecular formula is C12H16ClN3O3S. The maximum Gasteiger partial charge on any atom is 0.349 e. The molecule has 4 N–H and O–H groups in total. The van der Waals surface area contributed by atoms with Gasteiger partial charge in [0.2, 0.25) is 0 Å². The number of carbonyl (C=O) groups excluding carboxylic acids is 1. The summed E-state index contributed by atoms with van der Waals surface area (Å²) in [6.07, 6.45) is 0.0989. The molecule has 1 aromatic heterocycles. The Hall–Kier alpha value is -1.44. The van der Waals surface area contributed by atoms with Crippen molar-refractivity contribution in [1.29, 1.82) is 5.41 Å². The number of halogens is 1. The lowest BCUT2D eigenvalue weighted by Crippen LogP contribution is -2.35. The molecule has 0 saturated carbocycles. The SMILES string of the molecule is CNC[C@H](CNC(=O)c1ccc(Cl)s1)CC(=N)C(=O)O. The Labute approximate surface area is 125 Å². The molecule has 0 radical (unpaired) electrons. The Morgan fingerprint density at radius 1 is 1.45 bits per heavy atom. The van der Waals surface area contributed by atoms with Gasteiger partial charge in [0.05, 0.1) is 9.21 Å². The molecule has 0 aliphatic heterocycles. The number of amides is 1. The van der Waals surface area contributed by atoms with Gasteiger partial charge in [-0.2, -0.15) is 0 Å². The zero-order chi connectivity index (χ0) is 15.1. The average molecular weight is 318 g/mol. The fourth-order valence-corrected chi connectivity index (χ4v) is 2.60. The molecule has 0 aromatic carbocycles. The van der Waals surface area contributed by atoms with Gasteiger partial charge in [-0.05, 0) is 31.6 Å². The molecular weight excluding hydrogens is 302 g/mol. The molecule has 20 heavy (non-hydrogen) atoms. The summed E-state index contributed by atoms with van der Waals surface area (Å²) >= 11 is 6.94. The van der Waals surface area contributed by atoms with Crippen molar-refractivity contribution in [2.75, 3.05) is 20.1 Å². The van der Waals surface area contributed by atoms with Crippen LogP contribution in [-0.4, -0.2) is 42.8 Å². The topological polar surface area (TPSA) is 102 Å². The minimum Gasteiger partial charge on any atom is -0.477 e. The molecule has 0 unspecified atom stereocenters. The van der Waals surface area contributed by atoms with Crippen LogP contribution in [0.5, 0.6) is 0 Å². The summed E-state index contributed by atoms with van der Waals surface area (Å²) in [6, 6.07) is 3.28. The van der Waals surface area contributed by atoms with Crippen LogP contribution in [0.15, 0.2) is 12.1 Å². The van der Waals surface area contributed by atoms with Crippen LogP contribution in [0.2, 0.25) is 4.34 Å². The molecule has 1 amide bonds. The highest BCUT2D eigenvalue weighted by Crippen LogP contribution is 2.21. The third-order valence-corrected chi connectivity index (χ3v) is 3.82. The monoisotopic (exact) mass is 317 g/mol. The van der Waals surface area contributed by atoms with Crippen molar-refractivity contribution in [2.24, 2.45) is 5.92 Å². The molecule has 1 heterocycles. The average Bonchev–Trinajstić information content (AvgIpc) is 2.82. The minimum absolute atomic E-state index is 0.0989. The first-order valence-electron chi connectivity index (χ1n) is 5.93. The second-order valence-electron chi connectivity index (χ2n) is 4.23. The number of hydrogen-bond acceptors (Lipinski definition) is 5. The van der Waals surface area contributed by atoms with E-state index in [1.54, 1.807) is 19.2 Å². The Balaban J connectivity index is 2.52. The van der Waals surface area contributed by atoms with E-state index in [9.17, 15) is 9.59 Å². The maximum absolute atomic E-state index is 11.8. The van der Waals surface area contributed by atoms with E-state index in [1.165, 1.54) is 11.3 Å². The van der Waals surface area contributed by atoms with Gasteiger partial charge in [0.1, 0.15) is 5.71 Å². The molecule has 6 nitrogen and oxygen atoms in total. The van der Waals surface area contributed by atoms with Crippen LogP contribution in [0.4, 0.5) is 0 Å². The summed E-state index contributed by atoms with van der Waals surface area (Å²) in [7, 11) is 1.73. The Morgan fingerprint density at radius 3 is 2.65 bits per heavy atom. The number of aliphatic carboxylic acids is 1. The molecule has 1 rings (SSSR count). The van der Waals surface area contributed by atoms with E-state index in [2.05, 4.69) is 10.6 Å². The van der Waals surface area contributed by atoms with Gasteiger partial charge in [-0.3, -0.25) is 10.2 Å². The highest BCUT2D eigenvalue weighted by molar-refractivity contribution is 7.17. The molecule has 8 heteroatoms. The number of thiophene rings is 1. The molecule has 0 spiro atoms. The first-order chi connectivity index (χ1) is 9.43. The third kappa shape index (κ3) is 5.28. The van der Waals surface area contributed by atoms with Crippen LogP contribution < -0.4 is 10.6 Å². The van der Waals surface area contributed by atoms with Crippen LogP contribution in [0.25, 0.3) is 0 Å². The van der Waals surface area contributed by atoms with Gasteiger partial charge in [-0.25, -0.2) is 4.79 Å². The van der Waals surface area contributed by atoms with Gasteiger partial charge >= 0.3 is 5.97 Å². The first kappa shape index (κ1) is 16.6. The van der Waals surface area contributed by atoms with Crippen LogP contribution in [0.1, 0.15) is 16.1 Å². The molecule has 0 bridgehead atoms. The highest BCUT2D eigenvalue weighted by Gasteiger charge is 2.17. The van der Waals surface area contributed by atoms with Gasteiger partial charge in [0.25, 0.3) is 5.91 Å². The van der Waals surface area contributed by atoms with Gasteiger partial charge < -0.3 is 15.7 Å². The molecule has 0 saturated heterocycles. The lowest BCUT2D eigenvalue weighted by atomic mass is 10.0. The first-order valence-corrected chi connectivity index (χ1v) is 7.12. The standard InChI is InChI=1S/C12H16ClN3O3S/c1-15-5-7(4-8(14)12(18)19)6-16-11(17)9-2-3-10(13)20-9/h2-3,7,14-15H,4-6H2,1H3,(H,16,17)(H,18,19)/t7-/m1/s1. The summed E-state index contributed by atoms with van der Waals surface area (Å²) in [6.45, 7) is 0.811. The number of carbonyl (C=O) groups is 2. The summed E-state index contributed by atoms with van der Waals surface area (Å²) in [5, 5.41) is 21.7. The summed E-state index contributed by atoms with van der Waals surface area (Å²) in [5.74, 6) is -1.63. The van der Waals surface area contributed by atoms with Crippen LogP contribution in [0.3, 0.4) is 0 Å². The molecule has 1 aromatic rings. The predicted octanol–water partition coefficient (Wildman–Crippen LogP) is 1.46.